The highest BCUT2D eigenvalue weighted by molar-refractivity contribution is 7.92. The number of nitrogens with zero attached hydrogens (tertiary/aromatic N) is 2. The average molecular weight is 833 g/mol. The zero-order valence-corrected chi connectivity index (χ0v) is 34.8. The van der Waals surface area contributed by atoms with Crippen LogP contribution in [-0.4, -0.2) is 86.4 Å². The largest absolute Gasteiger partial charge is 0.496 e. The Labute approximate surface area is 340 Å². The van der Waals surface area contributed by atoms with Crippen LogP contribution in [0.25, 0.3) is 10.8 Å². The molecule has 2 atom stereocenters. The lowest BCUT2D eigenvalue weighted by Crippen LogP contribution is -2.39. The molecular weight excluding hydrogens is 785 g/mol. The van der Waals surface area contributed by atoms with Crippen LogP contribution in [0.1, 0.15) is 37.1 Å². The van der Waals surface area contributed by atoms with E-state index in [4.69, 9.17) is 18.9 Å². The Kier molecular flexibility index (Phi) is 13.1. The topological polar surface area (TPSA) is 190 Å². The Hall–Kier alpha value is -5.46. The molecule has 5 N–H and O–H groups in total. The Morgan fingerprint density at radius 2 is 1.62 bits per heavy atom. The van der Waals surface area contributed by atoms with E-state index in [1.807, 2.05) is 51.1 Å². The summed E-state index contributed by atoms with van der Waals surface area (Å²) in [4.78, 5) is 20.1. The minimum atomic E-state index is -3.65. The third-order valence-corrected chi connectivity index (χ3v) is 10.9. The van der Waals surface area contributed by atoms with Gasteiger partial charge in [0.25, 0.3) is 0 Å². The number of rotatable bonds is 14. The predicted octanol–water partition coefficient (Wildman–Crippen LogP) is 7.70. The summed E-state index contributed by atoms with van der Waals surface area (Å²) in [6.45, 7) is 8.87. The third kappa shape index (κ3) is 10.5. The van der Waals surface area contributed by atoms with Gasteiger partial charge in [0.1, 0.15) is 28.3 Å². The first-order chi connectivity index (χ1) is 27.6. The van der Waals surface area contributed by atoms with Gasteiger partial charge >= 0.3 is 6.03 Å². The van der Waals surface area contributed by atoms with Gasteiger partial charge in [-0.2, -0.15) is 0 Å². The zero-order valence-electron chi connectivity index (χ0n) is 33.1. The number of morpholine rings is 1. The lowest BCUT2D eigenvalue weighted by molar-refractivity contribution is 0.0377. The molecule has 1 aromatic heterocycles. The summed E-state index contributed by atoms with van der Waals surface area (Å²) in [6.07, 6.45) is 2.66. The van der Waals surface area contributed by atoms with Crippen LogP contribution in [0.15, 0.2) is 85.1 Å². The first kappa shape index (κ1) is 42.2. The molecule has 6 rings (SSSR count). The van der Waals surface area contributed by atoms with Crippen molar-refractivity contribution in [3.05, 3.63) is 96.2 Å². The summed E-state index contributed by atoms with van der Waals surface area (Å²) in [5, 5.41) is 9.79. The number of ether oxygens (including phenoxy) is 4. The number of benzene rings is 4. The lowest BCUT2D eigenvalue weighted by Gasteiger charge is -2.29. The van der Waals surface area contributed by atoms with Gasteiger partial charge in [0, 0.05) is 60.0 Å². The van der Waals surface area contributed by atoms with Crippen molar-refractivity contribution in [1.29, 1.82) is 0 Å². The van der Waals surface area contributed by atoms with Gasteiger partial charge < -0.3 is 39.5 Å². The first-order valence-corrected chi connectivity index (χ1v) is 21.5. The van der Waals surface area contributed by atoms with Crippen LogP contribution in [0.3, 0.4) is 0 Å². The minimum Gasteiger partial charge on any atom is -0.496 e. The summed E-state index contributed by atoms with van der Waals surface area (Å²) in [5.74, 6) is 2.15. The number of urea groups is 1. The summed E-state index contributed by atoms with van der Waals surface area (Å²) < 4.78 is 72.5. The Morgan fingerprint density at radius 3 is 2.29 bits per heavy atom. The van der Waals surface area contributed by atoms with Crippen molar-refractivity contribution in [2.45, 2.75) is 31.4 Å². The molecule has 1 aliphatic rings. The summed E-state index contributed by atoms with van der Waals surface area (Å²) in [6, 6.07) is 22.7. The van der Waals surface area contributed by atoms with E-state index in [-0.39, 0.29) is 22.5 Å². The summed E-state index contributed by atoms with van der Waals surface area (Å²) in [5.41, 5.74) is 2.68. The van der Waals surface area contributed by atoms with E-state index in [0.29, 0.717) is 78.2 Å². The van der Waals surface area contributed by atoms with E-state index in [0.717, 1.165) is 17.2 Å². The van der Waals surface area contributed by atoms with Crippen LogP contribution in [0.5, 0.6) is 23.0 Å². The second kappa shape index (κ2) is 18.0. The Balaban J connectivity index is 1.19. The highest BCUT2D eigenvalue weighted by atomic mass is 32.2. The minimum absolute atomic E-state index is 0.164. The fourth-order valence-electron chi connectivity index (χ4n) is 6.56. The van der Waals surface area contributed by atoms with Crippen LogP contribution in [0.2, 0.25) is 0 Å². The predicted molar refractivity (Wildman–Crippen MR) is 228 cm³/mol. The molecule has 2 unspecified atom stereocenters. The van der Waals surface area contributed by atoms with E-state index in [1.165, 1.54) is 14.2 Å². The maximum absolute atomic E-state index is 13.5. The monoisotopic (exact) mass is 832 g/mol. The SMILES string of the molecule is COc1cc(Nc2cc(Oc3ccc(NC(=O)Nc4cc(C(C)(C)C)cc(NS(C)(=O)=O)c4OC)c4ccccc34)ccn2)ccc1C(CN1CCOCC1)S(=O)O. The van der Waals surface area contributed by atoms with Crippen LogP contribution in [0.4, 0.5) is 33.4 Å². The van der Waals surface area contributed by atoms with Crippen molar-refractivity contribution < 1.29 is 40.9 Å². The fraction of sp³-hybridized carbons (Fsp3) is 0.317. The number of carbonyl (C=O) groups is 1. The molecule has 1 aliphatic heterocycles. The van der Waals surface area contributed by atoms with E-state index in [1.54, 1.807) is 54.7 Å². The highest BCUT2D eigenvalue weighted by Crippen LogP contribution is 2.40. The smallest absolute Gasteiger partial charge is 0.323 e. The molecule has 58 heavy (non-hydrogen) atoms. The number of hydrogen-bond acceptors (Lipinski definition) is 11. The van der Waals surface area contributed by atoms with Crippen LogP contribution in [-0.2, 0) is 31.3 Å². The molecule has 0 radical (unpaired) electrons. The number of hydrogen-bond donors (Lipinski definition) is 5. The van der Waals surface area contributed by atoms with Crippen LogP contribution < -0.4 is 34.9 Å². The van der Waals surface area contributed by atoms with Crippen molar-refractivity contribution in [3.63, 3.8) is 0 Å². The van der Waals surface area contributed by atoms with Gasteiger partial charge in [-0.05, 0) is 47.4 Å². The van der Waals surface area contributed by atoms with Crippen LogP contribution >= 0.6 is 0 Å². The Bertz CT molecular complexity index is 2420. The van der Waals surface area contributed by atoms with Crippen molar-refractivity contribution in [1.82, 2.24) is 9.88 Å². The normalized spacial score (nSPS) is 14.6. The standard InChI is InChI=1S/C41H48N6O9S2/c1-41(2,3)26-21-33(39(54-5)34(22-26)46-58(6,51)52)45-40(48)44-32-13-14-35(30-10-8-7-9-29(30)32)56-28-15-16-42-38(24-28)43-27-11-12-31(36(23-27)53-4)37(57(49)50)25-47-17-19-55-20-18-47/h7-16,21-24,37,46H,17-20,25H2,1-6H3,(H,42,43)(H,49,50)(H2,44,45,48). The number of methoxy groups -OCH3 is 2. The molecule has 2 amide bonds. The van der Waals surface area contributed by atoms with Gasteiger partial charge in [-0.25, -0.2) is 22.4 Å². The second-order valence-corrected chi connectivity index (χ2v) is 17.6. The number of nitrogens with one attached hydrogen (secondary N) is 4. The van der Waals surface area contributed by atoms with E-state index in [9.17, 15) is 22.0 Å². The molecule has 308 valence electrons. The van der Waals surface area contributed by atoms with Gasteiger partial charge in [0.05, 0.1) is 50.8 Å². The number of aromatic nitrogens is 1. The van der Waals surface area contributed by atoms with E-state index >= 15 is 0 Å². The molecule has 0 aliphatic carbocycles. The number of pyridine rings is 1. The molecule has 0 bridgehead atoms. The van der Waals surface area contributed by atoms with Gasteiger partial charge in [-0.3, -0.25) is 9.62 Å². The molecule has 1 fully saturated rings. The number of anilines is 5. The molecule has 5 aromatic rings. The first-order valence-electron chi connectivity index (χ1n) is 18.4. The second-order valence-electron chi connectivity index (χ2n) is 14.7. The number of carbonyl (C=O) groups excluding carboxylic acids is 1. The highest BCUT2D eigenvalue weighted by Gasteiger charge is 2.26. The molecule has 1 saturated heterocycles. The number of sulfonamides is 1. The van der Waals surface area contributed by atoms with E-state index in [2.05, 4.69) is 30.6 Å². The summed E-state index contributed by atoms with van der Waals surface area (Å²) >= 11 is -2.13. The molecule has 15 nitrogen and oxygen atoms in total. The summed E-state index contributed by atoms with van der Waals surface area (Å²) in [7, 11) is -0.720. The number of fused-ring (bicyclic) bond motifs is 1. The molecule has 4 aromatic carbocycles. The molecule has 0 saturated carbocycles. The van der Waals surface area contributed by atoms with Crippen molar-refractivity contribution in [2.75, 3.05) is 74.0 Å². The fourth-order valence-corrected chi connectivity index (χ4v) is 7.86. The lowest BCUT2D eigenvalue weighted by atomic mass is 9.86. The average Bonchev–Trinajstić information content (AvgIpc) is 3.17. The van der Waals surface area contributed by atoms with Gasteiger partial charge in [0.15, 0.2) is 16.8 Å². The van der Waals surface area contributed by atoms with Crippen molar-refractivity contribution >= 4 is 66.5 Å². The molecular formula is C41H48N6O9S2. The van der Waals surface area contributed by atoms with Crippen molar-refractivity contribution in [3.8, 4) is 23.0 Å². The third-order valence-electron chi connectivity index (χ3n) is 9.42. The van der Waals surface area contributed by atoms with Crippen LogP contribution in [0, 0.1) is 0 Å². The molecule has 0 spiro atoms. The van der Waals surface area contributed by atoms with Crippen molar-refractivity contribution in [2.24, 2.45) is 0 Å². The zero-order chi connectivity index (χ0) is 41.6. The number of amides is 2. The van der Waals surface area contributed by atoms with Gasteiger partial charge in [-0.15, -0.1) is 0 Å². The Morgan fingerprint density at radius 1 is 0.914 bits per heavy atom. The van der Waals surface area contributed by atoms with Gasteiger partial charge in [0.2, 0.25) is 10.0 Å². The molecule has 2 heterocycles. The maximum atomic E-state index is 13.5. The maximum Gasteiger partial charge on any atom is 0.323 e. The molecule has 17 heteroatoms. The quantitative estimate of drug-likeness (QED) is 0.0687. The van der Waals surface area contributed by atoms with Gasteiger partial charge in [-0.1, -0.05) is 51.1 Å². The van der Waals surface area contributed by atoms with E-state index < -0.39 is 32.4 Å².